The third-order valence-electron chi connectivity index (χ3n) is 2.51. The van der Waals surface area contributed by atoms with Crippen LogP contribution < -0.4 is 11.1 Å². The van der Waals surface area contributed by atoms with Crippen LogP contribution in [-0.2, 0) is 0 Å². The molecular weight excluding hydrogens is 170 g/mol. The predicted octanol–water partition coefficient (Wildman–Crippen LogP) is -0.889. The first kappa shape index (κ1) is 10.3. The van der Waals surface area contributed by atoms with Gasteiger partial charge in [0.05, 0.1) is 5.60 Å². The molecule has 0 aliphatic carbocycles. The van der Waals surface area contributed by atoms with Crippen LogP contribution in [0.25, 0.3) is 0 Å². The zero-order valence-corrected chi connectivity index (χ0v) is 7.92. The fourth-order valence-corrected chi connectivity index (χ4v) is 1.46. The van der Waals surface area contributed by atoms with Crippen molar-refractivity contribution in [2.45, 2.75) is 18.4 Å². The highest BCUT2D eigenvalue weighted by Crippen LogP contribution is 2.19. The van der Waals surface area contributed by atoms with E-state index in [0.29, 0.717) is 12.8 Å². The van der Waals surface area contributed by atoms with Crippen LogP contribution in [0.1, 0.15) is 12.8 Å². The summed E-state index contributed by atoms with van der Waals surface area (Å²) in [4.78, 5) is 12.6. The summed E-state index contributed by atoms with van der Waals surface area (Å²) in [5.74, 6) is 0. The van der Waals surface area contributed by atoms with Crippen LogP contribution in [0.15, 0.2) is 0 Å². The lowest BCUT2D eigenvalue weighted by Gasteiger charge is -2.36. The molecule has 1 heterocycles. The summed E-state index contributed by atoms with van der Waals surface area (Å²) in [6.07, 6.45) is 1.37. The van der Waals surface area contributed by atoms with Crippen molar-refractivity contribution in [3.05, 3.63) is 0 Å². The van der Waals surface area contributed by atoms with Crippen molar-refractivity contribution in [1.82, 2.24) is 10.2 Å². The fraction of sp³-hybridized carbons (Fsp3) is 0.875. The topological polar surface area (TPSA) is 78.6 Å². The van der Waals surface area contributed by atoms with E-state index in [9.17, 15) is 9.90 Å². The van der Waals surface area contributed by atoms with Crippen molar-refractivity contribution in [3.63, 3.8) is 0 Å². The lowest BCUT2D eigenvalue weighted by atomic mass is 9.92. The van der Waals surface area contributed by atoms with Gasteiger partial charge in [0.1, 0.15) is 0 Å². The van der Waals surface area contributed by atoms with E-state index in [1.807, 2.05) is 7.05 Å². The second-order valence-electron chi connectivity index (χ2n) is 3.75. The lowest BCUT2D eigenvalue weighted by Crippen LogP contribution is -2.50. The monoisotopic (exact) mass is 187 g/mol. The molecular formula is C8H17N3O2. The van der Waals surface area contributed by atoms with Gasteiger partial charge in [0.2, 0.25) is 0 Å². The first-order valence-electron chi connectivity index (χ1n) is 4.46. The van der Waals surface area contributed by atoms with Gasteiger partial charge in [0.15, 0.2) is 0 Å². The van der Waals surface area contributed by atoms with Gasteiger partial charge in [-0.1, -0.05) is 0 Å². The molecule has 0 aromatic heterocycles. The normalized spacial score (nSPS) is 22.6. The fourth-order valence-electron chi connectivity index (χ4n) is 1.46. The highest BCUT2D eigenvalue weighted by Gasteiger charge is 2.30. The number of piperidine rings is 1. The first-order chi connectivity index (χ1) is 6.02. The van der Waals surface area contributed by atoms with Crippen LogP contribution in [0, 0.1) is 0 Å². The van der Waals surface area contributed by atoms with Gasteiger partial charge >= 0.3 is 6.03 Å². The van der Waals surface area contributed by atoms with Crippen molar-refractivity contribution in [3.8, 4) is 0 Å². The summed E-state index contributed by atoms with van der Waals surface area (Å²) >= 11 is 0. The minimum atomic E-state index is -0.762. The number of rotatable bonds is 2. The Labute approximate surface area is 77.9 Å². The van der Waals surface area contributed by atoms with E-state index in [1.165, 1.54) is 0 Å². The van der Waals surface area contributed by atoms with Gasteiger partial charge in [-0.15, -0.1) is 0 Å². The third-order valence-corrected chi connectivity index (χ3v) is 2.51. The zero-order valence-electron chi connectivity index (χ0n) is 7.92. The molecule has 5 nitrogen and oxygen atoms in total. The number of carbonyl (C=O) groups is 1. The van der Waals surface area contributed by atoms with Crippen molar-refractivity contribution < 1.29 is 9.90 Å². The van der Waals surface area contributed by atoms with E-state index in [-0.39, 0.29) is 6.54 Å². The number of hydrogen-bond donors (Lipinski definition) is 3. The van der Waals surface area contributed by atoms with Gasteiger partial charge in [-0.2, -0.15) is 0 Å². The number of nitrogens with two attached hydrogens (primary N) is 1. The molecule has 0 atom stereocenters. The Balaban J connectivity index is 2.34. The average molecular weight is 187 g/mol. The maximum absolute atomic E-state index is 10.4. The maximum Gasteiger partial charge on any atom is 0.312 e. The molecule has 13 heavy (non-hydrogen) atoms. The van der Waals surface area contributed by atoms with E-state index in [1.54, 1.807) is 0 Å². The minimum Gasteiger partial charge on any atom is -0.388 e. The van der Waals surface area contributed by atoms with Gasteiger partial charge in [0.25, 0.3) is 0 Å². The highest BCUT2D eigenvalue weighted by molar-refractivity contribution is 5.71. The Morgan fingerprint density at radius 3 is 2.62 bits per heavy atom. The number of likely N-dealkylation sites (tertiary alicyclic amines) is 1. The summed E-state index contributed by atoms with van der Waals surface area (Å²) in [5.41, 5.74) is 4.16. The molecule has 0 saturated carbocycles. The van der Waals surface area contributed by atoms with Crippen molar-refractivity contribution >= 4 is 6.03 Å². The lowest BCUT2D eigenvalue weighted by molar-refractivity contribution is -0.0121. The molecule has 2 amide bonds. The molecule has 0 aromatic rings. The van der Waals surface area contributed by atoms with E-state index in [2.05, 4.69) is 10.2 Å². The second-order valence-corrected chi connectivity index (χ2v) is 3.75. The quantitative estimate of drug-likeness (QED) is 0.525. The molecule has 0 aromatic carbocycles. The number of aliphatic hydroxyl groups is 1. The Hall–Kier alpha value is -0.810. The molecule has 0 unspecified atom stereocenters. The van der Waals surface area contributed by atoms with Crippen LogP contribution in [-0.4, -0.2) is 48.3 Å². The number of urea groups is 1. The van der Waals surface area contributed by atoms with Crippen LogP contribution in [0.5, 0.6) is 0 Å². The summed E-state index contributed by atoms with van der Waals surface area (Å²) in [7, 11) is 2.01. The molecule has 0 radical (unpaired) electrons. The molecule has 76 valence electrons. The van der Waals surface area contributed by atoms with Gasteiger partial charge in [-0.05, 0) is 19.9 Å². The Kier molecular flexibility index (Phi) is 3.11. The predicted molar refractivity (Wildman–Crippen MR) is 49.3 cm³/mol. The number of amides is 2. The SMILES string of the molecule is CN1CCC(O)(CNC(N)=O)CC1. The van der Waals surface area contributed by atoms with E-state index in [0.717, 1.165) is 13.1 Å². The molecule has 1 rings (SSSR count). The minimum absolute atomic E-state index is 0.260. The largest absolute Gasteiger partial charge is 0.388 e. The van der Waals surface area contributed by atoms with Gasteiger partial charge in [-0.3, -0.25) is 0 Å². The van der Waals surface area contributed by atoms with Crippen LogP contribution in [0.3, 0.4) is 0 Å². The van der Waals surface area contributed by atoms with E-state index < -0.39 is 11.6 Å². The highest BCUT2D eigenvalue weighted by atomic mass is 16.3. The van der Waals surface area contributed by atoms with E-state index in [4.69, 9.17) is 5.73 Å². The van der Waals surface area contributed by atoms with Crippen LogP contribution in [0.4, 0.5) is 4.79 Å². The molecule has 4 N–H and O–H groups in total. The Morgan fingerprint density at radius 2 is 2.15 bits per heavy atom. The number of primary amides is 1. The molecule has 0 bridgehead atoms. The van der Waals surface area contributed by atoms with Crippen molar-refractivity contribution in [2.75, 3.05) is 26.7 Å². The maximum atomic E-state index is 10.4. The number of nitrogens with one attached hydrogen (secondary N) is 1. The Bertz CT molecular complexity index is 188. The Morgan fingerprint density at radius 1 is 1.62 bits per heavy atom. The van der Waals surface area contributed by atoms with Crippen LogP contribution >= 0.6 is 0 Å². The van der Waals surface area contributed by atoms with Gasteiger partial charge in [-0.25, -0.2) is 4.79 Å². The smallest absolute Gasteiger partial charge is 0.312 e. The third kappa shape index (κ3) is 3.20. The van der Waals surface area contributed by atoms with E-state index >= 15 is 0 Å². The molecule has 5 heteroatoms. The average Bonchev–Trinajstić information content (AvgIpc) is 2.08. The van der Waals surface area contributed by atoms with Gasteiger partial charge in [0, 0.05) is 19.6 Å². The molecule has 1 aliphatic rings. The first-order valence-corrected chi connectivity index (χ1v) is 4.46. The number of nitrogens with zero attached hydrogens (tertiary/aromatic N) is 1. The summed E-state index contributed by atoms with van der Waals surface area (Å²) in [5, 5.41) is 12.4. The van der Waals surface area contributed by atoms with Gasteiger partial charge < -0.3 is 21.1 Å². The van der Waals surface area contributed by atoms with Crippen molar-refractivity contribution in [2.24, 2.45) is 5.73 Å². The summed E-state index contributed by atoms with van der Waals surface area (Å²) in [6, 6.07) is -0.577. The molecule has 1 aliphatic heterocycles. The molecule has 0 spiro atoms. The molecule has 1 fully saturated rings. The number of carbonyl (C=O) groups excluding carboxylic acids is 1. The van der Waals surface area contributed by atoms with Crippen molar-refractivity contribution in [1.29, 1.82) is 0 Å². The summed E-state index contributed by atoms with van der Waals surface area (Å²) in [6.45, 7) is 1.98. The summed E-state index contributed by atoms with van der Waals surface area (Å²) < 4.78 is 0. The zero-order chi connectivity index (χ0) is 9.90. The standard InChI is InChI=1S/C8H17N3O2/c1-11-4-2-8(13,3-5-11)6-10-7(9)12/h13H,2-6H2,1H3,(H3,9,10,12). The second kappa shape index (κ2) is 3.93. The molecule has 1 saturated heterocycles. The van der Waals surface area contributed by atoms with Crippen LogP contribution in [0.2, 0.25) is 0 Å². The number of hydrogen-bond acceptors (Lipinski definition) is 3.